The highest BCUT2D eigenvalue weighted by molar-refractivity contribution is 6.76. The zero-order valence-electron chi connectivity index (χ0n) is 40.5. The van der Waals surface area contributed by atoms with Crippen molar-refractivity contribution in [2.75, 3.05) is 43.1 Å². The van der Waals surface area contributed by atoms with E-state index in [1.54, 1.807) is 11.1 Å². The van der Waals surface area contributed by atoms with E-state index in [2.05, 4.69) is 50.8 Å². The van der Waals surface area contributed by atoms with E-state index in [4.69, 9.17) is 38.8 Å². The fourth-order valence-electron chi connectivity index (χ4n) is 8.34. The first-order valence-corrected chi connectivity index (χ1v) is 30.5. The van der Waals surface area contributed by atoms with Gasteiger partial charge in [0.15, 0.2) is 5.65 Å². The van der Waals surface area contributed by atoms with E-state index in [0.29, 0.717) is 49.9 Å². The van der Waals surface area contributed by atoms with Gasteiger partial charge in [-0.2, -0.15) is 9.61 Å². The predicted octanol–water partition coefficient (Wildman–Crippen LogP) is 10.8. The molecule has 16 heteroatoms. The Morgan fingerprint density at radius 3 is 1.92 bits per heavy atom. The van der Waals surface area contributed by atoms with E-state index in [1.165, 1.54) is 0 Å². The number of ether oxygens (including phenoxy) is 5. The van der Waals surface area contributed by atoms with Gasteiger partial charge in [-0.25, -0.2) is 19.6 Å². The molecular weight excluding hydrogens is 831 g/mol. The van der Waals surface area contributed by atoms with E-state index in [0.717, 1.165) is 66.0 Å². The van der Waals surface area contributed by atoms with Crippen molar-refractivity contribution >= 4 is 51.4 Å². The molecule has 0 N–H and O–H groups in total. The van der Waals surface area contributed by atoms with E-state index in [-0.39, 0.29) is 43.6 Å². The highest BCUT2D eigenvalue weighted by atomic mass is 28.3. The minimum Gasteiger partial charge on any atom is -0.494 e. The molecule has 3 aromatic heterocycles. The van der Waals surface area contributed by atoms with Crippen LogP contribution in [-0.4, -0.2) is 115 Å². The third kappa shape index (κ3) is 12.6. The second-order valence-corrected chi connectivity index (χ2v) is 33.3. The summed E-state index contributed by atoms with van der Waals surface area (Å²) in [4.78, 5) is 43.2. The normalized spacial score (nSPS) is 19.3. The van der Waals surface area contributed by atoms with Crippen molar-refractivity contribution < 1.29 is 33.3 Å². The number of hydrogen-bond acceptors (Lipinski definition) is 11. The van der Waals surface area contributed by atoms with Gasteiger partial charge in [-0.15, -0.1) is 0 Å². The number of pyridine rings is 1. The molecule has 0 spiro atoms. The van der Waals surface area contributed by atoms with Crippen LogP contribution in [0.1, 0.15) is 104 Å². The van der Waals surface area contributed by atoms with Gasteiger partial charge in [-0.1, -0.05) is 45.9 Å². The van der Waals surface area contributed by atoms with Crippen LogP contribution in [-0.2, 0) is 23.7 Å². The number of anilines is 2. The Kier molecular flexibility index (Phi) is 14.8. The van der Waals surface area contributed by atoms with E-state index in [1.807, 2.05) is 76.2 Å². The summed E-state index contributed by atoms with van der Waals surface area (Å²) in [5, 5.41) is 5.05. The third-order valence-electron chi connectivity index (χ3n) is 11.6. The molecule has 6 rings (SSSR count). The maximum Gasteiger partial charge on any atom is 0.416 e. The Morgan fingerprint density at radius 2 is 1.43 bits per heavy atom. The lowest BCUT2D eigenvalue weighted by molar-refractivity contribution is 0.00564. The monoisotopic (exact) mass is 906 g/mol. The van der Waals surface area contributed by atoms with E-state index >= 15 is 0 Å². The molecule has 3 aromatic rings. The predicted molar refractivity (Wildman–Crippen MR) is 256 cm³/mol. The number of piperidine rings is 1. The van der Waals surface area contributed by atoms with Crippen molar-refractivity contribution in [2.45, 2.75) is 174 Å². The molecule has 3 fully saturated rings. The standard InChI is InChI=1S/C47H75N7O7Si2/c1-15-59-32(2)40-41(34-26-36-19-20-37(27-34)52(36)44(55)60-46(3,4)5)50-42-38(33-16-21-39(48-28-33)53(35-17-18-35)45(56)61-47(6,7)8)29-49-54(42)43(40)51(30-57-22-24-62(9,10)11)31-58-23-25-63(12,13)14/h16,21,28-29,34-37H,2,15,17-20,22-27,30-31H2,1,3-14H3. The molecule has 63 heavy (non-hydrogen) atoms. The lowest BCUT2D eigenvalue weighted by Gasteiger charge is -2.40. The summed E-state index contributed by atoms with van der Waals surface area (Å²) in [5.74, 6) is 1.75. The SMILES string of the molecule is C=C(OCC)c1c(C2CC3CCC(C2)N3C(=O)OC(C)(C)C)nc2c(-c3ccc(N(C(=O)OC(C)(C)C)C4CC4)nc3)cnn2c1N(COCC[Si](C)(C)C)COCC[Si](C)(C)C. The Bertz CT molecular complexity index is 2040. The van der Waals surface area contributed by atoms with Crippen molar-refractivity contribution in [1.82, 2.24) is 24.5 Å². The molecule has 2 bridgehead atoms. The molecule has 2 atom stereocenters. The van der Waals surface area contributed by atoms with Crippen molar-refractivity contribution in [2.24, 2.45) is 0 Å². The number of carbonyl (C=O) groups excluding carboxylic acids is 2. The molecule has 3 aliphatic rings. The number of rotatable bonds is 18. The third-order valence-corrected chi connectivity index (χ3v) is 15.0. The van der Waals surface area contributed by atoms with Crippen molar-refractivity contribution in [3.8, 4) is 11.1 Å². The maximum atomic E-state index is 13.6. The number of hydrogen-bond donors (Lipinski definition) is 0. The van der Waals surface area contributed by atoms with Gasteiger partial charge in [0.1, 0.15) is 42.1 Å². The first-order chi connectivity index (χ1) is 29.4. The maximum absolute atomic E-state index is 13.6. The summed E-state index contributed by atoms with van der Waals surface area (Å²) >= 11 is 0. The van der Waals surface area contributed by atoms with Crippen LogP contribution in [0.4, 0.5) is 21.2 Å². The highest BCUT2D eigenvalue weighted by Gasteiger charge is 2.47. The van der Waals surface area contributed by atoms with E-state index in [9.17, 15) is 9.59 Å². The number of amides is 2. The lowest BCUT2D eigenvalue weighted by Crippen LogP contribution is -2.48. The lowest BCUT2D eigenvalue weighted by atomic mass is 9.85. The molecule has 14 nitrogen and oxygen atoms in total. The van der Waals surface area contributed by atoms with Crippen LogP contribution < -0.4 is 9.80 Å². The second-order valence-electron chi connectivity index (χ2n) is 22.0. The molecule has 2 aliphatic heterocycles. The van der Waals surface area contributed by atoms with Gasteiger partial charge in [0, 0.05) is 70.7 Å². The van der Waals surface area contributed by atoms with Crippen LogP contribution in [0.2, 0.25) is 51.4 Å². The van der Waals surface area contributed by atoms with Crippen LogP contribution in [0, 0.1) is 0 Å². The van der Waals surface area contributed by atoms with Gasteiger partial charge in [-0.05, 0) is 111 Å². The van der Waals surface area contributed by atoms with Crippen molar-refractivity contribution in [1.29, 1.82) is 0 Å². The van der Waals surface area contributed by atoms with Gasteiger partial charge in [0.25, 0.3) is 0 Å². The van der Waals surface area contributed by atoms with Crippen LogP contribution in [0.5, 0.6) is 0 Å². The van der Waals surface area contributed by atoms with Gasteiger partial charge >= 0.3 is 12.2 Å². The fourth-order valence-corrected chi connectivity index (χ4v) is 9.85. The van der Waals surface area contributed by atoms with Gasteiger partial charge in [-0.3, -0.25) is 4.90 Å². The summed E-state index contributed by atoms with van der Waals surface area (Å²) in [6, 6.07) is 5.96. The number of carbonyl (C=O) groups is 2. The minimum atomic E-state index is -1.38. The largest absolute Gasteiger partial charge is 0.494 e. The smallest absolute Gasteiger partial charge is 0.416 e. The number of fused-ring (bicyclic) bond motifs is 3. The van der Waals surface area contributed by atoms with Crippen molar-refractivity contribution in [3.63, 3.8) is 0 Å². The number of aromatic nitrogens is 4. The zero-order valence-corrected chi connectivity index (χ0v) is 42.5. The molecule has 1 saturated carbocycles. The molecule has 5 heterocycles. The Morgan fingerprint density at radius 1 is 0.841 bits per heavy atom. The topological polar surface area (TPSA) is 133 Å². The van der Waals surface area contributed by atoms with Gasteiger partial charge < -0.3 is 33.5 Å². The highest BCUT2D eigenvalue weighted by Crippen LogP contribution is 2.47. The Labute approximate surface area is 378 Å². The molecule has 2 saturated heterocycles. The van der Waals surface area contributed by atoms with E-state index < -0.39 is 33.4 Å². The van der Waals surface area contributed by atoms with Crippen LogP contribution in [0.15, 0.2) is 31.1 Å². The summed E-state index contributed by atoms with van der Waals surface area (Å²) in [6.45, 7) is 34.2. The summed E-state index contributed by atoms with van der Waals surface area (Å²) in [5.41, 5.74) is 2.63. The summed E-state index contributed by atoms with van der Waals surface area (Å²) < 4.78 is 33.0. The molecular formula is C47H75N7O7Si2. The van der Waals surface area contributed by atoms with Gasteiger partial charge in [0.05, 0.1) is 24.1 Å². The van der Waals surface area contributed by atoms with Gasteiger partial charge in [0.2, 0.25) is 0 Å². The molecule has 348 valence electrons. The van der Waals surface area contributed by atoms with Crippen LogP contribution in [0.25, 0.3) is 22.5 Å². The number of nitrogens with zero attached hydrogens (tertiary/aromatic N) is 7. The molecule has 0 radical (unpaired) electrons. The molecule has 2 unspecified atom stereocenters. The Hall–Kier alpha value is -4.00. The first-order valence-electron chi connectivity index (χ1n) is 23.1. The summed E-state index contributed by atoms with van der Waals surface area (Å²) in [7, 11) is -2.76. The summed E-state index contributed by atoms with van der Waals surface area (Å²) in [6.07, 6.45) is 8.00. The average molecular weight is 906 g/mol. The second kappa shape index (κ2) is 19.2. The molecule has 0 aromatic carbocycles. The van der Waals surface area contributed by atoms with Crippen LogP contribution in [0.3, 0.4) is 0 Å². The zero-order chi connectivity index (χ0) is 46.1. The van der Waals surface area contributed by atoms with Crippen molar-refractivity contribution in [3.05, 3.63) is 42.4 Å². The molecule has 2 amide bonds. The van der Waals surface area contributed by atoms with Crippen LogP contribution >= 0.6 is 0 Å². The first kappa shape index (κ1) is 48.5. The fraction of sp³-hybridized carbons (Fsp3) is 0.681. The Balaban J connectivity index is 1.48. The minimum absolute atomic E-state index is 0.00435. The average Bonchev–Trinajstić information content (AvgIpc) is 3.83. The quantitative estimate of drug-likeness (QED) is 0.0523. The molecule has 1 aliphatic carbocycles.